The SMILES string of the molecule is COC(=O)C(NC(=O)Cn1c(=O)cnc2ccccc21)c1ccc(Br)cc1. The first-order valence-electron chi connectivity index (χ1n) is 8.07. The molecular weight excluding hydrogens is 414 g/mol. The lowest BCUT2D eigenvalue weighted by atomic mass is 10.1. The maximum atomic E-state index is 12.6. The van der Waals surface area contributed by atoms with Crippen LogP contribution in [-0.2, 0) is 20.9 Å². The zero-order valence-corrected chi connectivity index (χ0v) is 16.0. The van der Waals surface area contributed by atoms with E-state index >= 15 is 0 Å². The third-order valence-electron chi connectivity index (χ3n) is 4.00. The number of nitrogens with one attached hydrogen (secondary N) is 1. The van der Waals surface area contributed by atoms with Crippen molar-refractivity contribution < 1.29 is 14.3 Å². The van der Waals surface area contributed by atoms with E-state index in [9.17, 15) is 14.4 Å². The summed E-state index contributed by atoms with van der Waals surface area (Å²) in [7, 11) is 1.25. The van der Waals surface area contributed by atoms with Crippen LogP contribution < -0.4 is 10.9 Å². The highest BCUT2D eigenvalue weighted by molar-refractivity contribution is 9.10. The standard InChI is InChI=1S/C19H16BrN3O4/c1-27-19(26)18(12-6-8-13(20)9-7-12)22-16(24)11-23-15-5-3-2-4-14(15)21-10-17(23)25/h2-10,18H,11H2,1H3,(H,22,24). The number of ether oxygens (including phenoxy) is 1. The maximum Gasteiger partial charge on any atom is 0.333 e. The minimum atomic E-state index is -0.973. The first-order chi connectivity index (χ1) is 13.0. The number of amides is 1. The summed E-state index contributed by atoms with van der Waals surface area (Å²) >= 11 is 3.33. The molecule has 0 spiro atoms. The molecule has 1 aromatic heterocycles. The Morgan fingerprint density at radius 1 is 1.19 bits per heavy atom. The fourth-order valence-corrected chi connectivity index (χ4v) is 2.94. The minimum absolute atomic E-state index is 0.244. The fraction of sp³-hybridized carbons (Fsp3) is 0.158. The molecule has 0 bridgehead atoms. The van der Waals surface area contributed by atoms with Crippen LogP contribution >= 0.6 is 15.9 Å². The Kier molecular flexibility index (Phi) is 5.66. The smallest absolute Gasteiger partial charge is 0.333 e. The van der Waals surface area contributed by atoms with Crippen molar-refractivity contribution >= 4 is 38.8 Å². The third kappa shape index (κ3) is 4.22. The van der Waals surface area contributed by atoms with Gasteiger partial charge in [0.05, 0.1) is 24.3 Å². The number of carbonyl (C=O) groups excluding carboxylic acids is 2. The zero-order chi connectivity index (χ0) is 19.4. The molecule has 1 atom stereocenters. The molecule has 138 valence electrons. The van der Waals surface area contributed by atoms with Gasteiger partial charge in [0.2, 0.25) is 5.91 Å². The van der Waals surface area contributed by atoms with Gasteiger partial charge in [0, 0.05) is 4.47 Å². The first-order valence-corrected chi connectivity index (χ1v) is 8.86. The summed E-state index contributed by atoms with van der Waals surface area (Å²) in [5.41, 5.74) is 1.31. The molecule has 0 radical (unpaired) electrons. The Balaban J connectivity index is 1.87. The molecule has 8 heteroatoms. The molecular formula is C19H16BrN3O4. The molecule has 0 aliphatic rings. The minimum Gasteiger partial charge on any atom is -0.467 e. The molecule has 0 fully saturated rings. The van der Waals surface area contributed by atoms with Crippen LogP contribution in [0, 0.1) is 0 Å². The molecule has 1 N–H and O–H groups in total. The summed E-state index contributed by atoms with van der Waals surface area (Å²) < 4.78 is 6.95. The van der Waals surface area contributed by atoms with Crippen LogP contribution in [0.4, 0.5) is 0 Å². The number of methoxy groups -OCH3 is 1. The van der Waals surface area contributed by atoms with Crippen LogP contribution in [0.5, 0.6) is 0 Å². The number of fused-ring (bicyclic) bond motifs is 1. The molecule has 1 unspecified atom stereocenters. The lowest BCUT2D eigenvalue weighted by Gasteiger charge is -2.18. The van der Waals surface area contributed by atoms with Crippen molar-refractivity contribution in [2.24, 2.45) is 0 Å². The summed E-state index contributed by atoms with van der Waals surface area (Å²) in [6.45, 7) is -0.244. The Morgan fingerprint density at radius 2 is 1.89 bits per heavy atom. The van der Waals surface area contributed by atoms with E-state index in [1.165, 1.54) is 17.9 Å². The summed E-state index contributed by atoms with van der Waals surface area (Å²) in [4.78, 5) is 40.9. The third-order valence-corrected chi connectivity index (χ3v) is 4.53. The summed E-state index contributed by atoms with van der Waals surface area (Å²) in [6.07, 6.45) is 1.17. The largest absolute Gasteiger partial charge is 0.467 e. The van der Waals surface area contributed by atoms with Gasteiger partial charge in [-0.2, -0.15) is 0 Å². The molecule has 0 aliphatic carbocycles. The predicted octanol–water partition coefficient (Wildman–Crippen LogP) is 2.19. The van der Waals surface area contributed by atoms with E-state index in [1.54, 1.807) is 48.5 Å². The van der Waals surface area contributed by atoms with Gasteiger partial charge < -0.3 is 10.1 Å². The van der Waals surface area contributed by atoms with Gasteiger partial charge in [-0.3, -0.25) is 14.2 Å². The van der Waals surface area contributed by atoms with Gasteiger partial charge in [0.25, 0.3) is 5.56 Å². The number of benzene rings is 2. The number of esters is 1. The molecule has 1 amide bonds. The van der Waals surface area contributed by atoms with E-state index < -0.39 is 23.5 Å². The number of hydrogen-bond donors (Lipinski definition) is 1. The van der Waals surface area contributed by atoms with Gasteiger partial charge in [-0.1, -0.05) is 40.2 Å². The lowest BCUT2D eigenvalue weighted by molar-refractivity contribution is -0.145. The molecule has 0 saturated heterocycles. The average molecular weight is 430 g/mol. The molecule has 0 saturated carbocycles. The van der Waals surface area contributed by atoms with Crippen LogP contribution in [0.3, 0.4) is 0 Å². The second kappa shape index (κ2) is 8.13. The second-order valence-corrected chi connectivity index (χ2v) is 6.66. The normalized spacial score (nSPS) is 11.8. The van der Waals surface area contributed by atoms with E-state index in [0.29, 0.717) is 16.6 Å². The highest BCUT2D eigenvalue weighted by atomic mass is 79.9. The van der Waals surface area contributed by atoms with Crippen molar-refractivity contribution in [2.75, 3.05) is 7.11 Å². The van der Waals surface area contributed by atoms with E-state index in [-0.39, 0.29) is 6.54 Å². The van der Waals surface area contributed by atoms with Crippen molar-refractivity contribution in [1.29, 1.82) is 0 Å². The predicted molar refractivity (Wildman–Crippen MR) is 103 cm³/mol. The van der Waals surface area contributed by atoms with Crippen molar-refractivity contribution in [3.63, 3.8) is 0 Å². The Labute approximate surface area is 163 Å². The van der Waals surface area contributed by atoms with Crippen LogP contribution in [0.15, 0.2) is 64.0 Å². The number of para-hydroxylation sites is 2. The molecule has 7 nitrogen and oxygen atoms in total. The summed E-state index contributed by atoms with van der Waals surface area (Å²) in [5, 5.41) is 2.63. The van der Waals surface area contributed by atoms with Crippen molar-refractivity contribution in [3.8, 4) is 0 Å². The van der Waals surface area contributed by atoms with Crippen LogP contribution in [0.25, 0.3) is 11.0 Å². The van der Waals surface area contributed by atoms with Crippen LogP contribution in [0.1, 0.15) is 11.6 Å². The maximum absolute atomic E-state index is 12.6. The second-order valence-electron chi connectivity index (χ2n) is 5.75. The quantitative estimate of drug-likeness (QED) is 0.627. The van der Waals surface area contributed by atoms with Crippen LogP contribution in [-0.4, -0.2) is 28.5 Å². The van der Waals surface area contributed by atoms with E-state index in [4.69, 9.17) is 4.74 Å². The van der Waals surface area contributed by atoms with Gasteiger partial charge in [0.1, 0.15) is 6.54 Å². The molecule has 1 heterocycles. The lowest BCUT2D eigenvalue weighted by Crippen LogP contribution is -2.38. The fourth-order valence-electron chi connectivity index (χ4n) is 2.68. The van der Waals surface area contributed by atoms with Gasteiger partial charge in [-0.05, 0) is 29.8 Å². The van der Waals surface area contributed by atoms with Crippen molar-refractivity contribution in [3.05, 3.63) is 75.1 Å². The van der Waals surface area contributed by atoms with Gasteiger partial charge >= 0.3 is 5.97 Å². The Hall–Kier alpha value is -3.00. The molecule has 3 aromatic rings. The van der Waals surface area contributed by atoms with Gasteiger partial charge in [0.15, 0.2) is 6.04 Å². The number of rotatable bonds is 5. The van der Waals surface area contributed by atoms with Crippen molar-refractivity contribution in [2.45, 2.75) is 12.6 Å². The van der Waals surface area contributed by atoms with E-state index in [1.807, 2.05) is 0 Å². The zero-order valence-electron chi connectivity index (χ0n) is 14.4. The van der Waals surface area contributed by atoms with Gasteiger partial charge in [-0.25, -0.2) is 9.78 Å². The summed E-state index contributed by atoms with van der Waals surface area (Å²) in [6, 6.07) is 13.0. The van der Waals surface area contributed by atoms with Crippen LogP contribution in [0.2, 0.25) is 0 Å². The molecule has 27 heavy (non-hydrogen) atoms. The number of halogens is 1. The van der Waals surface area contributed by atoms with Crippen molar-refractivity contribution in [1.82, 2.24) is 14.9 Å². The van der Waals surface area contributed by atoms with E-state index in [0.717, 1.165) is 4.47 Å². The topological polar surface area (TPSA) is 90.3 Å². The monoisotopic (exact) mass is 429 g/mol. The highest BCUT2D eigenvalue weighted by Crippen LogP contribution is 2.18. The Morgan fingerprint density at radius 3 is 2.59 bits per heavy atom. The molecule has 0 aliphatic heterocycles. The number of hydrogen-bond acceptors (Lipinski definition) is 5. The summed E-state index contributed by atoms with van der Waals surface area (Å²) in [5.74, 6) is -1.09. The number of aromatic nitrogens is 2. The molecule has 2 aromatic carbocycles. The van der Waals surface area contributed by atoms with Gasteiger partial charge in [-0.15, -0.1) is 0 Å². The average Bonchev–Trinajstić information content (AvgIpc) is 2.68. The number of carbonyl (C=O) groups is 2. The highest BCUT2D eigenvalue weighted by Gasteiger charge is 2.24. The molecule has 3 rings (SSSR count). The number of nitrogens with zero attached hydrogens (tertiary/aromatic N) is 2. The van der Waals surface area contributed by atoms with E-state index in [2.05, 4.69) is 26.2 Å². The Bertz CT molecular complexity index is 1050. The first kappa shape index (κ1) is 18.8.